The van der Waals surface area contributed by atoms with Crippen molar-refractivity contribution in [3.05, 3.63) is 59.7 Å². The summed E-state index contributed by atoms with van der Waals surface area (Å²) in [4.78, 5) is 33.2. The monoisotopic (exact) mass is 390 g/mol. The molecule has 5 nitrogen and oxygen atoms in total. The van der Waals surface area contributed by atoms with Crippen LogP contribution >= 0.6 is 0 Å². The Bertz CT molecular complexity index is 1060. The quantitative estimate of drug-likeness (QED) is 0.606. The molecule has 0 aromatic heterocycles. The summed E-state index contributed by atoms with van der Waals surface area (Å²) in [7, 11) is 0. The van der Waals surface area contributed by atoms with Crippen molar-refractivity contribution in [1.82, 2.24) is 0 Å². The van der Waals surface area contributed by atoms with Crippen molar-refractivity contribution in [2.45, 2.75) is 52.6 Å². The van der Waals surface area contributed by atoms with Gasteiger partial charge in [-0.05, 0) is 32.9 Å². The molecule has 0 radical (unpaired) electrons. The summed E-state index contributed by atoms with van der Waals surface area (Å²) in [5.41, 5.74) is 1.44. The van der Waals surface area contributed by atoms with Crippen LogP contribution in [0.1, 0.15) is 52.7 Å². The number of nitrogens with zero attached hydrogens (tertiary/aromatic N) is 2. The molecule has 0 saturated carbocycles. The van der Waals surface area contributed by atoms with Gasteiger partial charge < -0.3 is 4.74 Å². The van der Waals surface area contributed by atoms with Crippen LogP contribution in [0.4, 0.5) is 16.2 Å². The largest absolute Gasteiger partial charge is 0.443 e. The number of aliphatic imine (C=N–C) groups is 1. The molecule has 2 aromatic carbocycles. The SMILES string of the molecule is CC(C)(C)OC(=O)N1C(=O)C2(C(C(C)(C)C)=Nc3ccccc32)c2ccccc21. The van der Waals surface area contributed by atoms with Crippen molar-refractivity contribution >= 4 is 29.1 Å². The molecule has 1 spiro atoms. The van der Waals surface area contributed by atoms with Gasteiger partial charge in [-0.3, -0.25) is 9.79 Å². The predicted molar refractivity (Wildman–Crippen MR) is 114 cm³/mol. The summed E-state index contributed by atoms with van der Waals surface area (Å²) in [6, 6.07) is 15.1. The van der Waals surface area contributed by atoms with E-state index in [9.17, 15) is 9.59 Å². The van der Waals surface area contributed by atoms with Gasteiger partial charge in [-0.25, -0.2) is 9.69 Å². The van der Waals surface area contributed by atoms with E-state index in [0.717, 1.165) is 22.5 Å². The number of ether oxygens (including phenoxy) is 1. The fraction of sp³-hybridized carbons (Fsp3) is 0.375. The number of imide groups is 1. The minimum Gasteiger partial charge on any atom is -0.443 e. The molecule has 1 atom stereocenters. The van der Waals surface area contributed by atoms with Crippen molar-refractivity contribution < 1.29 is 14.3 Å². The number of carbonyl (C=O) groups is 2. The van der Waals surface area contributed by atoms with E-state index in [2.05, 4.69) is 0 Å². The van der Waals surface area contributed by atoms with Crippen molar-refractivity contribution in [1.29, 1.82) is 0 Å². The molecule has 2 heterocycles. The van der Waals surface area contributed by atoms with Crippen LogP contribution in [0.25, 0.3) is 0 Å². The Morgan fingerprint density at radius 3 is 2.14 bits per heavy atom. The van der Waals surface area contributed by atoms with Gasteiger partial charge in [0.05, 0.1) is 11.4 Å². The number of rotatable bonds is 0. The second-order valence-corrected chi connectivity index (χ2v) is 9.62. The lowest BCUT2D eigenvalue weighted by Gasteiger charge is -2.33. The van der Waals surface area contributed by atoms with Crippen molar-refractivity contribution in [2.24, 2.45) is 10.4 Å². The minimum absolute atomic E-state index is 0.327. The van der Waals surface area contributed by atoms with E-state index in [1.807, 2.05) is 63.2 Å². The number of carbonyl (C=O) groups excluding carboxylic acids is 2. The summed E-state index contributed by atoms with van der Waals surface area (Å²) in [5.74, 6) is -0.327. The molecule has 1 unspecified atom stereocenters. The fourth-order valence-electron chi connectivity index (χ4n) is 4.31. The maximum atomic E-state index is 14.1. The van der Waals surface area contributed by atoms with Crippen LogP contribution in [0.5, 0.6) is 0 Å². The molecule has 4 rings (SSSR count). The second kappa shape index (κ2) is 6.02. The maximum Gasteiger partial charge on any atom is 0.421 e. The van der Waals surface area contributed by atoms with E-state index >= 15 is 0 Å². The van der Waals surface area contributed by atoms with Gasteiger partial charge in [0.1, 0.15) is 11.0 Å². The topological polar surface area (TPSA) is 59.0 Å². The lowest BCUT2D eigenvalue weighted by Crippen LogP contribution is -2.51. The van der Waals surface area contributed by atoms with Crippen molar-refractivity contribution in [3.63, 3.8) is 0 Å². The van der Waals surface area contributed by atoms with E-state index in [4.69, 9.17) is 9.73 Å². The van der Waals surface area contributed by atoms with Gasteiger partial charge >= 0.3 is 6.09 Å². The first kappa shape index (κ1) is 19.4. The van der Waals surface area contributed by atoms with Gasteiger partial charge in [-0.1, -0.05) is 57.2 Å². The number of anilines is 1. The van der Waals surface area contributed by atoms with Gasteiger partial charge in [0.2, 0.25) is 0 Å². The Kier molecular flexibility index (Phi) is 4.02. The van der Waals surface area contributed by atoms with E-state index in [-0.39, 0.29) is 11.3 Å². The third kappa shape index (κ3) is 2.71. The first-order valence-electron chi connectivity index (χ1n) is 9.84. The molecule has 0 N–H and O–H groups in total. The van der Waals surface area contributed by atoms with Crippen LogP contribution in [-0.2, 0) is 14.9 Å². The smallest absolute Gasteiger partial charge is 0.421 e. The molecule has 0 bridgehead atoms. The number of hydrogen-bond acceptors (Lipinski definition) is 4. The van der Waals surface area contributed by atoms with Gasteiger partial charge in [-0.2, -0.15) is 0 Å². The lowest BCUT2D eigenvalue weighted by molar-refractivity contribution is -0.119. The van der Waals surface area contributed by atoms with Crippen molar-refractivity contribution in [3.8, 4) is 0 Å². The number of para-hydroxylation sites is 2. The maximum absolute atomic E-state index is 14.1. The summed E-state index contributed by atoms with van der Waals surface area (Å²) in [6.45, 7) is 11.5. The van der Waals surface area contributed by atoms with Crippen LogP contribution in [0, 0.1) is 5.41 Å². The van der Waals surface area contributed by atoms with E-state index in [0.29, 0.717) is 5.69 Å². The summed E-state index contributed by atoms with van der Waals surface area (Å²) in [5, 5.41) is 0. The van der Waals surface area contributed by atoms with Crippen LogP contribution in [0.15, 0.2) is 53.5 Å². The average Bonchev–Trinajstić information content (AvgIpc) is 3.09. The standard InChI is InChI=1S/C24H26N2O3/c1-22(2,3)19-24(15-11-7-9-13-17(15)25-19)16-12-8-10-14-18(16)26(20(24)27)21(28)29-23(4,5)6/h7-14H,1-6H3. The third-order valence-corrected chi connectivity index (χ3v) is 5.25. The summed E-state index contributed by atoms with van der Waals surface area (Å²) >= 11 is 0. The number of amides is 2. The molecule has 0 aliphatic carbocycles. The van der Waals surface area contributed by atoms with Gasteiger partial charge in [0.25, 0.3) is 5.91 Å². The van der Waals surface area contributed by atoms with E-state index in [1.165, 1.54) is 4.90 Å². The highest BCUT2D eigenvalue weighted by Gasteiger charge is 2.62. The third-order valence-electron chi connectivity index (χ3n) is 5.25. The Balaban J connectivity index is 2.00. The normalized spacial score (nSPS) is 20.6. The molecular formula is C24H26N2O3. The number of benzene rings is 2. The highest BCUT2D eigenvalue weighted by Crippen LogP contribution is 2.56. The molecule has 5 heteroatoms. The van der Waals surface area contributed by atoms with Gasteiger partial charge in [0, 0.05) is 22.3 Å². The van der Waals surface area contributed by atoms with E-state index < -0.39 is 17.1 Å². The molecule has 2 aliphatic heterocycles. The molecule has 0 saturated heterocycles. The highest BCUT2D eigenvalue weighted by molar-refractivity contribution is 6.35. The minimum atomic E-state index is -1.12. The molecule has 0 fully saturated rings. The Hall–Kier alpha value is -2.95. The number of fused-ring (bicyclic) bond motifs is 4. The molecule has 29 heavy (non-hydrogen) atoms. The van der Waals surface area contributed by atoms with Gasteiger partial charge in [-0.15, -0.1) is 0 Å². The molecule has 150 valence electrons. The molecule has 2 aromatic rings. The first-order valence-corrected chi connectivity index (χ1v) is 9.84. The molecular weight excluding hydrogens is 364 g/mol. The van der Waals surface area contributed by atoms with Gasteiger partial charge in [0.15, 0.2) is 0 Å². The Labute approximate surface area is 171 Å². The van der Waals surface area contributed by atoms with Crippen LogP contribution in [0.3, 0.4) is 0 Å². The Morgan fingerprint density at radius 1 is 0.931 bits per heavy atom. The average molecular weight is 390 g/mol. The predicted octanol–water partition coefficient (Wildman–Crippen LogP) is 5.39. The van der Waals surface area contributed by atoms with Crippen LogP contribution in [0.2, 0.25) is 0 Å². The molecule has 2 aliphatic rings. The van der Waals surface area contributed by atoms with Crippen LogP contribution < -0.4 is 4.90 Å². The zero-order valence-corrected chi connectivity index (χ0v) is 17.7. The first-order chi connectivity index (χ1) is 13.5. The van der Waals surface area contributed by atoms with E-state index in [1.54, 1.807) is 26.8 Å². The zero-order chi connectivity index (χ0) is 21.2. The molecule has 2 amide bonds. The summed E-state index contributed by atoms with van der Waals surface area (Å²) in [6.07, 6.45) is -0.663. The zero-order valence-electron chi connectivity index (χ0n) is 17.7. The Morgan fingerprint density at radius 2 is 1.52 bits per heavy atom. The number of hydrogen-bond donors (Lipinski definition) is 0. The van der Waals surface area contributed by atoms with Crippen molar-refractivity contribution in [2.75, 3.05) is 4.90 Å². The second-order valence-electron chi connectivity index (χ2n) is 9.62. The fourth-order valence-corrected chi connectivity index (χ4v) is 4.31. The van der Waals surface area contributed by atoms with Crippen LogP contribution in [-0.4, -0.2) is 23.3 Å². The lowest BCUT2D eigenvalue weighted by atomic mass is 9.66. The summed E-state index contributed by atoms with van der Waals surface area (Å²) < 4.78 is 5.59. The highest BCUT2D eigenvalue weighted by atomic mass is 16.6.